The van der Waals surface area contributed by atoms with E-state index in [0.717, 1.165) is 4.90 Å². The summed E-state index contributed by atoms with van der Waals surface area (Å²) < 4.78 is 10.4. The number of urea groups is 1. The molecule has 0 aliphatic carbocycles. The summed E-state index contributed by atoms with van der Waals surface area (Å²) in [6, 6.07) is -0.468. The van der Waals surface area contributed by atoms with Crippen LogP contribution in [0.3, 0.4) is 0 Å². The van der Waals surface area contributed by atoms with E-state index in [4.69, 9.17) is 9.47 Å². The second-order valence-corrected chi connectivity index (χ2v) is 5.54. The van der Waals surface area contributed by atoms with Gasteiger partial charge in [0.1, 0.15) is 5.54 Å². The Morgan fingerprint density at radius 2 is 2.00 bits per heavy atom. The Balaban J connectivity index is 1.68. The molecular weight excluding hydrogens is 264 g/mol. The molecule has 3 saturated heterocycles. The molecule has 0 aromatic heterocycles. The first-order valence-corrected chi connectivity index (χ1v) is 6.95. The van der Waals surface area contributed by atoms with Gasteiger partial charge in [0, 0.05) is 38.6 Å². The largest absolute Gasteiger partial charge is 0.381 e. The van der Waals surface area contributed by atoms with E-state index >= 15 is 0 Å². The van der Waals surface area contributed by atoms with E-state index in [1.807, 2.05) is 0 Å². The van der Waals surface area contributed by atoms with Crippen molar-refractivity contribution >= 4 is 17.7 Å². The summed E-state index contributed by atoms with van der Waals surface area (Å²) in [7, 11) is 0. The zero-order valence-corrected chi connectivity index (χ0v) is 11.2. The summed E-state index contributed by atoms with van der Waals surface area (Å²) in [5.41, 5.74) is -0.859. The number of carbonyl (C=O) groups is 3. The second kappa shape index (κ2) is 5.14. The lowest BCUT2D eigenvalue weighted by Gasteiger charge is -2.30. The maximum atomic E-state index is 12.4. The number of ether oxygens (including phenoxy) is 2. The van der Waals surface area contributed by atoms with Crippen molar-refractivity contribution in [3.8, 4) is 0 Å². The van der Waals surface area contributed by atoms with Gasteiger partial charge in [0.2, 0.25) is 0 Å². The molecule has 0 aromatic rings. The van der Waals surface area contributed by atoms with Crippen molar-refractivity contribution < 1.29 is 23.9 Å². The molecule has 3 fully saturated rings. The molecule has 3 aliphatic rings. The Morgan fingerprint density at radius 1 is 1.25 bits per heavy atom. The fraction of sp³-hybridized carbons (Fsp3) is 0.769. The highest BCUT2D eigenvalue weighted by Gasteiger charge is 2.52. The van der Waals surface area contributed by atoms with Crippen LogP contribution in [0.25, 0.3) is 0 Å². The zero-order chi connectivity index (χ0) is 14.2. The molecule has 3 aliphatic heterocycles. The van der Waals surface area contributed by atoms with Crippen molar-refractivity contribution in [2.24, 2.45) is 5.92 Å². The van der Waals surface area contributed by atoms with Crippen LogP contribution in [0, 0.1) is 5.92 Å². The molecule has 3 heterocycles. The minimum absolute atomic E-state index is 0.102. The van der Waals surface area contributed by atoms with Gasteiger partial charge in [0.05, 0.1) is 13.2 Å². The average Bonchev–Trinajstić information content (AvgIpc) is 3.04. The molecule has 0 bridgehead atoms. The number of nitrogens with zero attached hydrogens (tertiary/aromatic N) is 1. The van der Waals surface area contributed by atoms with Crippen molar-refractivity contribution in [1.82, 2.24) is 10.2 Å². The van der Waals surface area contributed by atoms with Gasteiger partial charge in [-0.1, -0.05) is 0 Å². The summed E-state index contributed by atoms with van der Waals surface area (Å²) in [6.07, 6.45) is 1.60. The van der Waals surface area contributed by atoms with E-state index in [1.54, 1.807) is 0 Å². The standard InChI is InChI=1S/C13H18N2O5/c16-10(9-1-4-20-8-9)7-15-11(17)13(14-12(15)18)2-5-19-6-3-13/h9H,1-8H2,(H,14,18). The molecule has 3 amide bonds. The van der Waals surface area contributed by atoms with Gasteiger partial charge in [0.25, 0.3) is 5.91 Å². The van der Waals surface area contributed by atoms with Gasteiger partial charge in [0.15, 0.2) is 5.78 Å². The number of carbonyl (C=O) groups excluding carboxylic acids is 3. The highest BCUT2D eigenvalue weighted by Crippen LogP contribution is 2.28. The van der Waals surface area contributed by atoms with Crippen molar-refractivity contribution in [2.45, 2.75) is 24.8 Å². The van der Waals surface area contributed by atoms with Crippen LogP contribution >= 0.6 is 0 Å². The van der Waals surface area contributed by atoms with Gasteiger partial charge in [-0.15, -0.1) is 0 Å². The Hall–Kier alpha value is -1.47. The summed E-state index contributed by atoms with van der Waals surface area (Å²) in [5, 5.41) is 2.74. The number of Topliss-reactive ketones (excluding diaryl/α,β-unsaturated/α-hetero) is 1. The first-order valence-electron chi connectivity index (χ1n) is 6.95. The molecule has 1 atom stereocenters. The molecule has 7 heteroatoms. The predicted octanol–water partition coefficient (Wildman–Crippen LogP) is -0.307. The van der Waals surface area contributed by atoms with Crippen molar-refractivity contribution in [3.63, 3.8) is 0 Å². The maximum Gasteiger partial charge on any atom is 0.325 e. The van der Waals surface area contributed by atoms with Crippen LogP contribution in [-0.2, 0) is 19.1 Å². The van der Waals surface area contributed by atoms with Crippen LogP contribution in [0.15, 0.2) is 0 Å². The summed E-state index contributed by atoms with van der Waals surface area (Å²) in [4.78, 5) is 37.6. The minimum atomic E-state index is -0.859. The van der Waals surface area contributed by atoms with Gasteiger partial charge in [-0.3, -0.25) is 14.5 Å². The predicted molar refractivity (Wildman–Crippen MR) is 67.0 cm³/mol. The van der Waals surface area contributed by atoms with Crippen LogP contribution in [-0.4, -0.2) is 61.1 Å². The normalized spacial score (nSPS) is 29.0. The SMILES string of the molecule is O=C(CN1C(=O)NC2(CCOCC2)C1=O)C1CCOC1. The molecule has 0 saturated carbocycles. The molecule has 1 N–H and O–H groups in total. The first-order chi connectivity index (χ1) is 9.62. The number of nitrogens with one attached hydrogen (secondary N) is 1. The van der Waals surface area contributed by atoms with Gasteiger partial charge in [-0.05, 0) is 6.42 Å². The molecule has 0 aromatic carbocycles. The molecule has 20 heavy (non-hydrogen) atoms. The number of hydrogen-bond donors (Lipinski definition) is 1. The first kappa shape index (κ1) is 13.5. The van der Waals surface area contributed by atoms with Gasteiger partial charge < -0.3 is 14.8 Å². The Labute approximate surface area is 116 Å². The average molecular weight is 282 g/mol. The van der Waals surface area contributed by atoms with Crippen LogP contribution in [0.4, 0.5) is 4.79 Å². The van der Waals surface area contributed by atoms with Crippen molar-refractivity contribution in [1.29, 1.82) is 0 Å². The number of ketones is 1. The summed E-state index contributed by atoms with van der Waals surface area (Å²) >= 11 is 0. The van der Waals surface area contributed by atoms with E-state index < -0.39 is 11.6 Å². The topological polar surface area (TPSA) is 84.9 Å². The van der Waals surface area contributed by atoms with Crippen LogP contribution < -0.4 is 5.32 Å². The van der Waals surface area contributed by atoms with E-state index in [1.165, 1.54) is 0 Å². The molecule has 110 valence electrons. The smallest absolute Gasteiger partial charge is 0.325 e. The number of rotatable bonds is 3. The molecular formula is C13H18N2O5. The Bertz CT molecular complexity index is 438. The number of amides is 3. The lowest BCUT2D eigenvalue weighted by atomic mass is 9.90. The summed E-state index contributed by atoms with van der Waals surface area (Å²) in [5.74, 6) is -0.588. The van der Waals surface area contributed by atoms with Crippen molar-refractivity contribution in [2.75, 3.05) is 33.0 Å². The third-order valence-corrected chi connectivity index (χ3v) is 4.29. The zero-order valence-electron chi connectivity index (χ0n) is 11.2. The van der Waals surface area contributed by atoms with Crippen molar-refractivity contribution in [3.05, 3.63) is 0 Å². The van der Waals surface area contributed by atoms with Gasteiger partial charge in [-0.2, -0.15) is 0 Å². The third-order valence-electron chi connectivity index (χ3n) is 4.29. The van der Waals surface area contributed by atoms with Crippen LogP contribution in [0.2, 0.25) is 0 Å². The lowest BCUT2D eigenvalue weighted by Crippen LogP contribution is -2.51. The maximum absolute atomic E-state index is 12.4. The highest BCUT2D eigenvalue weighted by atomic mass is 16.5. The molecule has 0 radical (unpaired) electrons. The fourth-order valence-electron chi connectivity index (χ4n) is 2.95. The Morgan fingerprint density at radius 3 is 2.65 bits per heavy atom. The highest BCUT2D eigenvalue weighted by molar-refractivity contribution is 6.09. The molecule has 7 nitrogen and oxygen atoms in total. The molecule has 3 rings (SSSR count). The van der Waals surface area contributed by atoms with Crippen LogP contribution in [0.1, 0.15) is 19.3 Å². The number of imide groups is 1. The van der Waals surface area contributed by atoms with Gasteiger partial charge in [-0.25, -0.2) is 4.79 Å². The Kier molecular flexibility index (Phi) is 3.47. The fourth-order valence-corrected chi connectivity index (χ4v) is 2.95. The van der Waals surface area contributed by atoms with E-state index in [9.17, 15) is 14.4 Å². The van der Waals surface area contributed by atoms with Crippen LogP contribution in [0.5, 0.6) is 0 Å². The van der Waals surface area contributed by atoms with E-state index in [2.05, 4.69) is 5.32 Å². The monoisotopic (exact) mass is 282 g/mol. The second-order valence-electron chi connectivity index (χ2n) is 5.54. The molecule has 1 unspecified atom stereocenters. The minimum Gasteiger partial charge on any atom is -0.381 e. The van der Waals surface area contributed by atoms with E-state index in [0.29, 0.717) is 45.7 Å². The lowest BCUT2D eigenvalue weighted by molar-refractivity contribution is -0.137. The van der Waals surface area contributed by atoms with E-state index in [-0.39, 0.29) is 24.2 Å². The molecule has 1 spiro atoms. The quantitative estimate of drug-likeness (QED) is 0.718. The van der Waals surface area contributed by atoms with Gasteiger partial charge >= 0.3 is 6.03 Å². The summed E-state index contributed by atoms with van der Waals surface area (Å²) in [6.45, 7) is 1.70. The third kappa shape index (κ3) is 2.20. The number of hydrogen-bond acceptors (Lipinski definition) is 5.